The van der Waals surface area contributed by atoms with Crippen molar-refractivity contribution < 1.29 is 37.3 Å². The third kappa shape index (κ3) is 3.79. The highest BCUT2D eigenvalue weighted by atomic mass is 19.3. The number of hydrogen-bond donors (Lipinski definition) is 2. The molecule has 2 bridgehead atoms. The lowest BCUT2D eigenvalue weighted by atomic mass is 9.37. The van der Waals surface area contributed by atoms with E-state index in [0.29, 0.717) is 25.0 Å². The highest BCUT2D eigenvalue weighted by Crippen LogP contribution is 2.69. The second-order valence-electron chi connectivity index (χ2n) is 8.67. The molecule has 3 saturated carbocycles. The van der Waals surface area contributed by atoms with E-state index < -0.39 is 35.2 Å². The van der Waals surface area contributed by atoms with Crippen molar-refractivity contribution in [2.75, 3.05) is 6.61 Å². The van der Waals surface area contributed by atoms with Gasteiger partial charge in [0.1, 0.15) is 23.3 Å². The molecule has 1 unspecified atom stereocenters. The molecule has 0 saturated heterocycles. The van der Waals surface area contributed by atoms with Crippen LogP contribution < -0.4 is 30.0 Å². The van der Waals surface area contributed by atoms with Gasteiger partial charge in [-0.3, -0.25) is 9.59 Å². The van der Waals surface area contributed by atoms with E-state index in [0.717, 1.165) is 0 Å². The molecule has 1 atom stereocenters. The molecular weight excluding hydrogens is 454 g/mol. The van der Waals surface area contributed by atoms with E-state index in [-0.39, 0.29) is 29.5 Å². The Bertz CT molecular complexity index is 1210. The molecule has 12 heteroatoms. The highest BCUT2D eigenvalue weighted by Gasteiger charge is 2.73. The molecule has 34 heavy (non-hydrogen) atoms. The Labute approximate surface area is 191 Å². The second kappa shape index (κ2) is 7.44. The Morgan fingerprint density at radius 1 is 1.18 bits per heavy atom. The van der Waals surface area contributed by atoms with E-state index >= 15 is 0 Å². The molecule has 0 spiro atoms. The minimum Gasteiger partial charge on any atom is -0.484 e. The van der Waals surface area contributed by atoms with E-state index in [1.54, 1.807) is 0 Å². The summed E-state index contributed by atoms with van der Waals surface area (Å²) in [6.45, 7) is -0.339. The number of ether oxygens (including phenoxy) is 4. The summed E-state index contributed by atoms with van der Waals surface area (Å²) in [7, 11) is 0. The van der Waals surface area contributed by atoms with Crippen LogP contribution in [0, 0.1) is 16.7 Å². The number of halogens is 2. The van der Waals surface area contributed by atoms with Crippen molar-refractivity contribution >= 4 is 11.8 Å². The van der Waals surface area contributed by atoms with Gasteiger partial charge >= 0.3 is 6.29 Å². The SMILES string of the molecule is N#Cc1cc(OC(C(N)=O)C23CC(NC(=O)COc4ccc5c(c4)OC(F)(F)O5)(C2)C3)ccn1. The fraction of sp³-hybridized carbons (Fsp3) is 0.364. The van der Waals surface area contributed by atoms with Crippen molar-refractivity contribution in [2.45, 2.75) is 37.2 Å². The number of fused-ring (bicyclic) bond motifs is 1. The Morgan fingerprint density at radius 2 is 1.91 bits per heavy atom. The van der Waals surface area contributed by atoms with Gasteiger partial charge in [-0.05, 0) is 37.5 Å². The van der Waals surface area contributed by atoms with Crippen molar-refractivity contribution in [3.63, 3.8) is 0 Å². The van der Waals surface area contributed by atoms with Crippen molar-refractivity contribution in [1.29, 1.82) is 5.26 Å². The summed E-state index contributed by atoms with van der Waals surface area (Å²) in [5, 5.41) is 11.9. The summed E-state index contributed by atoms with van der Waals surface area (Å²) >= 11 is 0. The highest BCUT2D eigenvalue weighted by molar-refractivity contribution is 5.83. The standard InChI is InChI=1S/C22H18F2N4O6/c23-22(24)33-15-2-1-13(6-16(15)34-22)31-8-17(29)28-21-9-20(10-21,11-21)18(19(26)30)32-14-3-4-27-12(5-14)7-25/h1-6,18H,8-11H2,(H2,26,30)(H,28,29). The number of carbonyl (C=O) groups is 2. The Kier molecular flexibility index (Phi) is 4.75. The normalized spacial score (nSPS) is 25.7. The van der Waals surface area contributed by atoms with Crippen molar-refractivity contribution in [1.82, 2.24) is 10.3 Å². The molecule has 0 radical (unpaired) electrons. The summed E-state index contributed by atoms with van der Waals surface area (Å²) in [5.74, 6) is -0.860. The maximum atomic E-state index is 13.1. The van der Waals surface area contributed by atoms with E-state index in [9.17, 15) is 18.4 Å². The average molecular weight is 472 g/mol. The maximum Gasteiger partial charge on any atom is 0.586 e. The fourth-order valence-electron chi connectivity index (χ4n) is 4.94. The van der Waals surface area contributed by atoms with Gasteiger partial charge in [-0.1, -0.05) is 0 Å². The van der Waals surface area contributed by atoms with Crippen LogP contribution >= 0.6 is 0 Å². The molecule has 3 N–H and O–H groups in total. The Morgan fingerprint density at radius 3 is 2.62 bits per heavy atom. The maximum absolute atomic E-state index is 13.1. The van der Waals surface area contributed by atoms with Crippen LogP contribution in [0.15, 0.2) is 36.5 Å². The number of nitriles is 1. The molecule has 10 nitrogen and oxygen atoms in total. The van der Waals surface area contributed by atoms with Gasteiger partial charge in [-0.15, -0.1) is 8.78 Å². The molecule has 2 heterocycles. The Balaban J connectivity index is 1.14. The monoisotopic (exact) mass is 472 g/mol. The average Bonchev–Trinajstić information content (AvgIpc) is 3.05. The zero-order valence-electron chi connectivity index (χ0n) is 17.5. The second-order valence-corrected chi connectivity index (χ2v) is 8.67. The molecule has 176 valence electrons. The quantitative estimate of drug-likeness (QED) is 0.590. The molecule has 1 aliphatic heterocycles. The van der Waals surface area contributed by atoms with Crippen LogP contribution in [-0.2, 0) is 9.59 Å². The number of nitrogens with zero attached hydrogens (tertiary/aromatic N) is 2. The molecule has 3 aliphatic carbocycles. The number of aromatic nitrogens is 1. The topological polar surface area (TPSA) is 146 Å². The zero-order valence-corrected chi connectivity index (χ0v) is 17.5. The van der Waals surface area contributed by atoms with Gasteiger partial charge < -0.3 is 30.0 Å². The minimum absolute atomic E-state index is 0.122. The number of amides is 2. The minimum atomic E-state index is -3.74. The smallest absolute Gasteiger partial charge is 0.484 e. The number of rotatable bonds is 8. The van der Waals surface area contributed by atoms with Crippen LogP contribution in [0.3, 0.4) is 0 Å². The van der Waals surface area contributed by atoms with Crippen LogP contribution in [0.2, 0.25) is 0 Å². The number of benzene rings is 1. The number of carbonyl (C=O) groups excluding carboxylic acids is 2. The molecule has 1 aromatic heterocycles. The number of hydrogen-bond acceptors (Lipinski definition) is 8. The summed E-state index contributed by atoms with van der Waals surface area (Å²) in [5.41, 5.74) is 4.74. The van der Waals surface area contributed by atoms with Gasteiger partial charge in [0.2, 0.25) is 0 Å². The predicted molar refractivity (Wildman–Crippen MR) is 108 cm³/mol. The third-order valence-electron chi connectivity index (χ3n) is 6.13. The largest absolute Gasteiger partial charge is 0.586 e. The van der Waals surface area contributed by atoms with E-state index in [2.05, 4.69) is 19.8 Å². The lowest BCUT2D eigenvalue weighted by molar-refractivity contribution is -0.286. The first-order chi connectivity index (χ1) is 16.1. The zero-order chi connectivity index (χ0) is 24.1. The number of nitrogens with two attached hydrogens (primary N) is 1. The number of nitrogens with one attached hydrogen (secondary N) is 1. The first-order valence-electron chi connectivity index (χ1n) is 10.3. The van der Waals surface area contributed by atoms with Crippen molar-refractivity contribution in [3.05, 3.63) is 42.2 Å². The third-order valence-corrected chi connectivity index (χ3v) is 6.13. The molecule has 6 rings (SSSR count). The van der Waals surface area contributed by atoms with E-state index in [1.165, 1.54) is 36.5 Å². The lowest BCUT2D eigenvalue weighted by Crippen LogP contribution is -2.80. The van der Waals surface area contributed by atoms with E-state index in [1.807, 2.05) is 6.07 Å². The number of pyridine rings is 1. The number of alkyl halides is 2. The van der Waals surface area contributed by atoms with Gasteiger partial charge in [0.15, 0.2) is 24.2 Å². The number of primary amides is 1. The summed E-state index contributed by atoms with van der Waals surface area (Å²) < 4.78 is 46.1. The lowest BCUT2D eigenvalue weighted by Gasteiger charge is -2.71. The predicted octanol–water partition coefficient (Wildman–Crippen LogP) is 1.63. The molecular formula is C22H18F2N4O6. The van der Waals surface area contributed by atoms with Gasteiger partial charge in [-0.25, -0.2) is 4.98 Å². The van der Waals surface area contributed by atoms with Gasteiger partial charge in [0.25, 0.3) is 11.8 Å². The first kappa shape index (κ1) is 21.7. The van der Waals surface area contributed by atoms with Crippen LogP contribution in [0.1, 0.15) is 25.0 Å². The van der Waals surface area contributed by atoms with Gasteiger partial charge in [-0.2, -0.15) is 5.26 Å². The molecule has 4 aliphatic rings. The Hall–Kier alpha value is -4.14. The summed E-state index contributed by atoms with van der Waals surface area (Å²) in [6.07, 6.45) is -1.76. The van der Waals surface area contributed by atoms with E-state index in [4.69, 9.17) is 20.5 Å². The first-order valence-corrected chi connectivity index (χ1v) is 10.3. The fourth-order valence-corrected chi connectivity index (χ4v) is 4.94. The summed E-state index contributed by atoms with van der Waals surface area (Å²) in [4.78, 5) is 28.3. The van der Waals surface area contributed by atoms with Gasteiger partial charge in [0, 0.05) is 29.3 Å². The van der Waals surface area contributed by atoms with Crippen molar-refractivity contribution in [3.8, 4) is 29.1 Å². The van der Waals surface area contributed by atoms with Crippen LogP contribution in [0.25, 0.3) is 0 Å². The van der Waals surface area contributed by atoms with Crippen LogP contribution in [-0.4, -0.2) is 41.3 Å². The molecule has 1 aromatic carbocycles. The molecule has 2 aromatic rings. The van der Waals surface area contributed by atoms with Gasteiger partial charge in [0.05, 0.1) is 0 Å². The summed E-state index contributed by atoms with van der Waals surface area (Å²) in [6, 6.07) is 8.73. The molecule has 2 amide bonds. The van der Waals surface area contributed by atoms with Crippen LogP contribution in [0.5, 0.6) is 23.0 Å². The van der Waals surface area contributed by atoms with Crippen LogP contribution in [0.4, 0.5) is 8.78 Å². The molecule has 3 fully saturated rings. The van der Waals surface area contributed by atoms with Crippen molar-refractivity contribution in [2.24, 2.45) is 11.1 Å².